The summed E-state index contributed by atoms with van der Waals surface area (Å²) >= 11 is 0. The maximum atomic E-state index is 5.77. The van der Waals surface area contributed by atoms with Crippen molar-refractivity contribution in [3.63, 3.8) is 0 Å². The van der Waals surface area contributed by atoms with Gasteiger partial charge in [-0.2, -0.15) is 14.9 Å². The summed E-state index contributed by atoms with van der Waals surface area (Å²) in [5.74, 6) is 2.18. The Balaban J connectivity index is 1.67. The van der Waals surface area contributed by atoms with Gasteiger partial charge in [-0.1, -0.05) is 0 Å². The number of aromatic nitrogens is 5. The molecule has 5 rings (SSSR count). The van der Waals surface area contributed by atoms with E-state index in [-0.39, 0.29) is 0 Å². The molecule has 2 aliphatic rings. The van der Waals surface area contributed by atoms with Gasteiger partial charge in [0.15, 0.2) is 11.5 Å². The number of hydrogen-bond donors (Lipinski definition) is 1. The van der Waals surface area contributed by atoms with Crippen molar-refractivity contribution in [3.8, 4) is 5.82 Å². The quantitative estimate of drug-likeness (QED) is 0.764. The third kappa shape index (κ3) is 2.98. The first-order chi connectivity index (χ1) is 13.3. The Hall–Kier alpha value is -2.45. The first-order valence-electron chi connectivity index (χ1n) is 9.62. The molecule has 1 N–H and O–H groups in total. The van der Waals surface area contributed by atoms with Gasteiger partial charge in [0.2, 0.25) is 0 Å². The molecule has 0 aliphatic carbocycles. The number of nitrogens with one attached hydrogen (secondary N) is 1. The van der Waals surface area contributed by atoms with Crippen molar-refractivity contribution in [3.05, 3.63) is 30.1 Å². The number of ether oxygens (including phenoxy) is 2. The molecule has 2 aliphatic heterocycles. The van der Waals surface area contributed by atoms with Crippen LogP contribution in [0.2, 0.25) is 0 Å². The van der Waals surface area contributed by atoms with Crippen LogP contribution in [0, 0.1) is 0 Å². The van der Waals surface area contributed by atoms with Crippen LogP contribution in [0.25, 0.3) is 16.9 Å². The fourth-order valence-corrected chi connectivity index (χ4v) is 4.09. The van der Waals surface area contributed by atoms with Gasteiger partial charge in [0.05, 0.1) is 38.3 Å². The highest BCUT2D eigenvalue weighted by atomic mass is 16.5. The molecule has 0 spiro atoms. The molecule has 2 atom stereocenters. The molecule has 0 aromatic carbocycles. The highest BCUT2D eigenvalue weighted by Crippen LogP contribution is 2.34. The first kappa shape index (κ1) is 16.7. The molecule has 27 heavy (non-hydrogen) atoms. The third-order valence-corrected chi connectivity index (χ3v) is 5.54. The Morgan fingerprint density at radius 3 is 2.93 bits per heavy atom. The van der Waals surface area contributed by atoms with Crippen molar-refractivity contribution < 1.29 is 9.47 Å². The van der Waals surface area contributed by atoms with E-state index in [1.807, 2.05) is 16.9 Å². The highest BCUT2D eigenvalue weighted by Gasteiger charge is 2.26. The molecule has 142 valence electrons. The molecule has 0 amide bonds. The van der Waals surface area contributed by atoms with Gasteiger partial charge >= 0.3 is 0 Å². The average Bonchev–Trinajstić information content (AvgIpc) is 3.38. The lowest BCUT2D eigenvalue weighted by molar-refractivity contribution is 0.0807. The van der Waals surface area contributed by atoms with Gasteiger partial charge in [-0.15, -0.1) is 0 Å². The molecule has 2 unspecified atom stereocenters. The van der Waals surface area contributed by atoms with Gasteiger partial charge in [0.25, 0.3) is 0 Å². The molecule has 5 heterocycles. The summed E-state index contributed by atoms with van der Waals surface area (Å²) in [6.45, 7) is 6.09. The van der Waals surface area contributed by atoms with Crippen LogP contribution >= 0.6 is 0 Å². The second kappa shape index (κ2) is 6.94. The molecule has 3 aromatic rings. The van der Waals surface area contributed by atoms with E-state index in [9.17, 15) is 0 Å². The summed E-state index contributed by atoms with van der Waals surface area (Å²) in [5.41, 5.74) is 2.13. The predicted octanol–water partition coefficient (Wildman–Crippen LogP) is 2.26. The number of pyridine rings is 1. The number of aromatic amines is 1. The van der Waals surface area contributed by atoms with Crippen LogP contribution in [-0.2, 0) is 9.47 Å². The zero-order valence-electron chi connectivity index (χ0n) is 15.5. The fraction of sp³-hybridized carbons (Fsp3) is 0.526. The second-order valence-electron chi connectivity index (χ2n) is 7.34. The van der Waals surface area contributed by atoms with E-state index in [0.29, 0.717) is 12.0 Å². The summed E-state index contributed by atoms with van der Waals surface area (Å²) in [5, 5.41) is 12.7. The van der Waals surface area contributed by atoms with E-state index in [1.165, 1.54) is 5.56 Å². The van der Waals surface area contributed by atoms with Gasteiger partial charge < -0.3 is 14.4 Å². The van der Waals surface area contributed by atoms with Crippen LogP contribution < -0.4 is 4.90 Å². The fourth-order valence-electron chi connectivity index (χ4n) is 4.09. The van der Waals surface area contributed by atoms with Gasteiger partial charge in [0, 0.05) is 30.5 Å². The normalized spacial score (nSPS) is 23.8. The minimum atomic E-state index is 0.294. The van der Waals surface area contributed by atoms with Crippen molar-refractivity contribution >= 4 is 16.9 Å². The lowest BCUT2D eigenvalue weighted by Crippen LogP contribution is -2.44. The molecule has 8 heteroatoms. The summed E-state index contributed by atoms with van der Waals surface area (Å²) in [7, 11) is 0. The molecule has 0 bridgehead atoms. The van der Waals surface area contributed by atoms with Crippen LogP contribution in [0.3, 0.4) is 0 Å². The summed E-state index contributed by atoms with van der Waals surface area (Å²) < 4.78 is 13.2. The van der Waals surface area contributed by atoms with Crippen LogP contribution in [-0.4, -0.2) is 64.0 Å². The Kier molecular flexibility index (Phi) is 4.29. The van der Waals surface area contributed by atoms with E-state index >= 15 is 0 Å². The van der Waals surface area contributed by atoms with Gasteiger partial charge in [-0.25, -0.2) is 4.98 Å². The van der Waals surface area contributed by atoms with E-state index in [4.69, 9.17) is 14.5 Å². The number of morpholine rings is 1. The molecule has 2 fully saturated rings. The van der Waals surface area contributed by atoms with Crippen molar-refractivity contribution in [2.75, 3.05) is 37.9 Å². The predicted molar refractivity (Wildman–Crippen MR) is 101 cm³/mol. The maximum Gasteiger partial charge on any atom is 0.167 e. The van der Waals surface area contributed by atoms with E-state index < -0.39 is 0 Å². The molecule has 0 saturated carbocycles. The summed E-state index contributed by atoms with van der Waals surface area (Å²) in [6, 6.07) is 4.44. The standard InChI is InChI=1S/C19H24N6O2/c1-13-11-27-8-6-24(13)18-9-15(14-3-2-7-26-12-14)16-10-21-25(19(16)22-18)17-4-5-20-23-17/h4-5,9-10,13-14H,2-3,6-8,11-12H2,1H3,(H,20,23). The number of hydrogen-bond acceptors (Lipinski definition) is 6. The summed E-state index contributed by atoms with van der Waals surface area (Å²) in [4.78, 5) is 7.34. The summed E-state index contributed by atoms with van der Waals surface area (Å²) in [6.07, 6.45) is 5.87. The van der Waals surface area contributed by atoms with Crippen LogP contribution in [0.1, 0.15) is 31.2 Å². The number of anilines is 1. The molecular formula is C19H24N6O2. The van der Waals surface area contributed by atoms with Crippen LogP contribution in [0.15, 0.2) is 24.5 Å². The average molecular weight is 368 g/mol. The van der Waals surface area contributed by atoms with Crippen molar-refractivity contribution in [2.45, 2.75) is 31.7 Å². The lowest BCUT2D eigenvalue weighted by atomic mass is 9.92. The van der Waals surface area contributed by atoms with Crippen molar-refractivity contribution in [1.29, 1.82) is 0 Å². The Morgan fingerprint density at radius 1 is 1.22 bits per heavy atom. The molecule has 8 nitrogen and oxygen atoms in total. The number of fused-ring (bicyclic) bond motifs is 1. The minimum Gasteiger partial charge on any atom is -0.381 e. The van der Waals surface area contributed by atoms with E-state index in [0.717, 1.165) is 68.5 Å². The minimum absolute atomic E-state index is 0.294. The second-order valence-corrected chi connectivity index (χ2v) is 7.34. The van der Waals surface area contributed by atoms with Crippen molar-refractivity contribution in [1.82, 2.24) is 25.0 Å². The number of rotatable bonds is 3. The van der Waals surface area contributed by atoms with Crippen LogP contribution in [0.4, 0.5) is 5.82 Å². The molecule has 3 aromatic heterocycles. The largest absolute Gasteiger partial charge is 0.381 e. The van der Waals surface area contributed by atoms with Gasteiger partial charge in [-0.05, 0) is 31.4 Å². The molecule has 2 saturated heterocycles. The monoisotopic (exact) mass is 368 g/mol. The topological polar surface area (TPSA) is 81.1 Å². The molecular weight excluding hydrogens is 344 g/mol. The highest BCUT2D eigenvalue weighted by molar-refractivity contribution is 5.83. The van der Waals surface area contributed by atoms with Gasteiger partial charge in [0.1, 0.15) is 5.82 Å². The Bertz CT molecular complexity index is 916. The zero-order valence-corrected chi connectivity index (χ0v) is 15.5. The Labute approximate surface area is 157 Å². The number of nitrogens with zero attached hydrogens (tertiary/aromatic N) is 5. The van der Waals surface area contributed by atoms with Crippen LogP contribution in [0.5, 0.6) is 0 Å². The number of H-pyrrole nitrogens is 1. The van der Waals surface area contributed by atoms with E-state index in [1.54, 1.807) is 6.20 Å². The van der Waals surface area contributed by atoms with Crippen molar-refractivity contribution in [2.24, 2.45) is 0 Å². The van der Waals surface area contributed by atoms with E-state index in [2.05, 4.69) is 33.2 Å². The third-order valence-electron chi connectivity index (χ3n) is 5.54. The first-order valence-corrected chi connectivity index (χ1v) is 9.62. The van der Waals surface area contributed by atoms with Gasteiger partial charge in [-0.3, -0.25) is 5.10 Å². The Morgan fingerprint density at radius 2 is 2.15 bits per heavy atom. The maximum absolute atomic E-state index is 5.77. The smallest absolute Gasteiger partial charge is 0.167 e. The zero-order chi connectivity index (χ0) is 18.2. The SMILES string of the molecule is CC1COCCN1c1cc(C2CCCOC2)c2cnn(-c3ccn[nH]3)c2n1. The molecule has 0 radical (unpaired) electrons. The lowest BCUT2D eigenvalue weighted by Gasteiger charge is -2.35.